The molecule has 16 heavy (non-hydrogen) atoms. The molecule has 0 aliphatic carbocycles. The predicted molar refractivity (Wildman–Crippen MR) is 65.1 cm³/mol. The van der Waals surface area contributed by atoms with Gasteiger partial charge in [0.15, 0.2) is 0 Å². The lowest BCUT2D eigenvalue weighted by atomic mass is 10.2. The summed E-state index contributed by atoms with van der Waals surface area (Å²) in [7, 11) is 1.81. The maximum atomic E-state index is 12.2. The molecule has 0 aliphatic heterocycles. The van der Waals surface area contributed by atoms with Crippen molar-refractivity contribution in [3.63, 3.8) is 0 Å². The summed E-state index contributed by atoms with van der Waals surface area (Å²) >= 11 is 1.53. The first-order valence-electron chi connectivity index (χ1n) is 5.26. The maximum Gasteiger partial charge on any atom is 0.220 e. The van der Waals surface area contributed by atoms with Crippen molar-refractivity contribution < 1.29 is 4.79 Å². The Morgan fingerprint density at radius 3 is 2.75 bits per heavy atom. The average Bonchev–Trinajstić information content (AvgIpc) is 2.83. The Morgan fingerprint density at radius 2 is 2.25 bits per heavy atom. The fourth-order valence-electron chi connectivity index (χ4n) is 1.59. The van der Waals surface area contributed by atoms with Crippen molar-refractivity contribution in [2.75, 3.05) is 0 Å². The molecule has 2 rings (SSSR count). The summed E-state index contributed by atoms with van der Waals surface area (Å²) in [5, 5.41) is 4.28. The number of thiophene rings is 1. The molecule has 0 saturated carbocycles. The zero-order valence-corrected chi connectivity index (χ0v) is 10.5. The van der Waals surface area contributed by atoms with E-state index in [9.17, 15) is 4.79 Å². The Kier molecular flexibility index (Phi) is 2.92. The van der Waals surface area contributed by atoms with Gasteiger partial charge in [-0.3, -0.25) is 9.48 Å². The molecule has 0 atom stereocenters. The van der Waals surface area contributed by atoms with Gasteiger partial charge in [0.2, 0.25) is 5.78 Å². The van der Waals surface area contributed by atoms with Gasteiger partial charge in [-0.15, -0.1) is 11.3 Å². The molecule has 0 bridgehead atoms. The first kappa shape index (κ1) is 11.1. The lowest BCUT2D eigenvalue weighted by molar-refractivity contribution is 0.103. The normalized spacial score (nSPS) is 10.7. The summed E-state index contributed by atoms with van der Waals surface area (Å²) in [5.74, 6) is 0.0628. The molecular formula is C12H14N2OS. The predicted octanol–water partition coefficient (Wildman–Crippen LogP) is 2.58. The van der Waals surface area contributed by atoms with Gasteiger partial charge in [0, 0.05) is 11.9 Å². The fourth-order valence-corrected chi connectivity index (χ4v) is 2.41. The summed E-state index contributed by atoms with van der Waals surface area (Å²) in [6.07, 6.45) is 0.852. The Balaban J connectivity index is 2.37. The van der Waals surface area contributed by atoms with E-state index in [0.29, 0.717) is 5.69 Å². The van der Waals surface area contributed by atoms with Gasteiger partial charge in [0.05, 0.1) is 10.6 Å². The zero-order chi connectivity index (χ0) is 11.7. The number of ketones is 1. The maximum absolute atomic E-state index is 12.2. The van der Waals surface area contributed by atoms with E-state index in [1.807, 2.05) is 39.1 Å². The van der Waals surface area contributed by atoms with Crippen LogP contribution < -0.4 is 0 Å². The highest BCUT2D eigenvalue weighted by atomic mass is 32.1. The van der Waals surface area contributed by atoms with Crippen LogP contribution in [-0.2, 0) is 13.5 Å². The van der Waals surface area contributed by atoms with Gasteiger partial charge >= 0.3 is 0 Å². The van der Waals surface area contributed by atoms with Gasteiger partial charge in [-0.2, -0.15) is 5.10 Å². The second kappa shape index (κ2) is 4.22. The second-order valence-electron chi connectivity index (χ2n) is 3.74. The van der Waals surface area contributed by atoms with E-state index in [-0.39, 0.29) is 5.78 Å². The first-order chi connectivity index (χ1) is 7.61. The second-order valence-corrected chi connectivity index (χ2v) is 5.03. The standard InChI is InChI=1S/C12H14N2OS/c1-4-9-7-10(14(3)13-9)12(15)11-6-5-8(2)16-11/h5-7H,4H2,1-3H3. The fraction of sp³-hybridized carbons (Fsp3) is 0.333. The zero-order valence-electron chi connectivity index (χ0n) is 9.65. The van der Waals surface area contributed by atoms with Crippen LogP contribution in [0.4, 0.5) is 0 Å². The van der Waals surface area contributed by atoms with Crippen molar-refractivity contribution in [2.45, 2.75) is 20.3 Å². The van der Waals surface area contributed by atoms with Gasteiger partial charge in [-0.05, 0) is 31.5 Å². The van der Waals surface area contributed by atoms with Crippen LogP contribution in [0.25, 0.3) is 0 Å². The molecule has 2 heterocycles. The van der Waals surface area contributed by atoms with Crippen molar-refractivity contribution in [3.8, 4) is 0 Å². The van der Waals surface area contributed by atoms with E-state index in [1.165, 1.54) is 11.3 Å². The van der Waals surface area contributed by atoms with Crippen LogP contribution in [0, 0.1) is 6.92 Å². The minimum Gasteiger partial charge on any atom is -0.286 e. The number of rotatable bonds is 3. The van der Waals surface area contributed by atoms with Crippen molar-refractivity contribution >= 4 is 17.1 Å². The number of aromatic nitrogens is 2. The molecule has 0 aliphatic rings. The third-order valence-corrected chi connectivity index (χ3v) is 3.49. The van der Waals surface area contributed by atoms with E-state index in [0.717, 1.165) is 21.9 Å². The van der Waals surface area contributed by atoms with Crippen molar-refractivity contribution in [1.29, 1.82) is 0 Å². The van der Waals surface area contributed by atoms with Crippen molar-refractivity contribution in [1.82, 2.24) is 9.78 Å². The van der Waals surface area contributed by atoms with Gasteiger partial charge in [-0.25, -0.2) is 0 Å². The van der Waals surface area contributed by atoms with Crippen LogP contribution in [0.5, 0.6) is 0 Å². The monoisotopic (exact) mass is 234 g/mol. The molecule has 0 radical (unpaired) electrons. The Bertz CT molecular complexity index is 525. The molecule has 0 fully saturated rings. The highest BCUT2D eigenvalue weighted by Crippen LogP contribution is 2.19. The third kappa shape index (κ3) is 1.93. The van der Waals surface area contributed by atoms with Crippen LogP contribution in [0.3, 0.4) is 0 Å². The minimum atomic E-state index is 0.0628. The minimum absolute atomic E-state index is 0.0628. The summed E-state index contributed by atoms with van der Waals surface area (Å²) in [6.45, 7) is 4.04. The lowest BCUT2D eigenvalue weighted by Gasteiger charge is -1.97. The lowest BCUT2D eigenvalue weighted by Crippen LogP contribution is -2.06. The van der Waals surface area contributed by atoms with E-state index in [1.54, 1.807) is 4.68 Å². The van der Waals surface area contributed by atoms with Crippen LogP contribution in [0.2, 0.25) is 0 Å². The molecule has 84 valence electrons. The van der Waals surface area contributed by atoms with Crippen molar-refractivity contribution in [3.05, 3.63) is 39.3 Å². The molecular weight excluding hydrogens is 220 g/mol. The number of carbonyl (C=O) groups excluding carboxylic acids is 1. The first-order valence-corrected chi connectivity index (χ1v) is 6.07. The molecule has 2 aromatic rings. The molecule has 0 aromatic carbocycles. The highest BCUT2D eigenvalue weighted by molar-refractivity contribution is 7.14. The Hall–Kier alpha value is -1.42. The smallest absolute Gasteiger partial charge is 0.220 e. The molecule has 2 aromatic heterocycles. The molecule has 3 nitrogen and oxygen atoms in total. The molecule has 0 unspecified atom stereocenters. The molecule has 4 heteroatoms. The molecule has 0 spiro atoms. The molecule has 0 saturated heterocycles. The van der Waals surface area contributed by atoms with E-state index < -0.39 is 0 Å². The largest absolute Gasteiger partial charge is 0.286 e. The number of aryl methyl sites for hydroxylation is 3. The molecule has 0 N–H and O–H groups in total. The van der Waals surface area contributed by atoms with E-state index in [2.05, 4.69) is 5.10 Å². The van der Waals surface area contributed by atoms with Crippen LogP contribution in [0.1, 0.15) is 32.9 Å². The summed E-state index contributed by atoms with van der Waals surface area (Å²) in [4.78, 5) is 14.1. The average molecular weight is 234 g/mol. The molecule has 0 amide bonds. The topological polar surface area (TPSA) is 34.9 Å². The SMILES string of the molecule is CCc1cc(C(=O)c2ccc(C)s2)n(C)n1. The van der Waals surface area contributed by atoms with Crippen molar-refractivity contribution in [2.24, 2.45) is 7.05 Å². The Morgan fingerprint density at radius 1 is 1.50 bits per heavy atom. The van der Waals surface area contributed by atoms with Gasteiger partial charge in [-0.1, -0.05) is 6.92 Å². The van der Waals surface area contributed by atoms with E-state index >= 15 is 0 Å². The summed E-state index contributed by atoms with van der Waals surface area (Å²) in [5.41, 5.74) is 1.62. The van der Waals surface area contributed by atoms with Gasteiger partial charge in [0.1, 0.15) is 5.69 Å². The number of hydrogen-bond donors (Lipinski definition) is 0. The third-order valence-electron chi connectivity index (χ3n) is 2.49. The Labute approximate surface area is 98.7 Å². The number of carbonyl (C=O) groups is 1. The summed E-state index contributed by atoms with van der Waals surface area (Å²) in [6, 6.07) is 5.72. The van der Waals surface area contributed by atoms with Gasteiger partial charge in [0.25, 0.3) is 0 Å². The quantitative estimate of drug-likeness (QED) is 0.765. The number of hydrogen-bond acceptors (Lipinski definition) is 3. The number of nitrogens with zero attached hydrogens (tertiary/aromatic N) is 2. The van der Waals surface area contributed by atoms with Crippen LogP contribution >= 0.6 is 11.3 Å². The van der Waals surface area contributed by atoms with E-state index in [4.69, 9.17) is 0 Å². The van der Waals surface area contributed by atoms with Gasteiger partial charge < -0.3 is 0 Å². The van der Waals surface area contributed by atoms with Crippen LogP contribution in [-0.4, -0.2) is 15.6 Å². The van der Waals surface area contributed by atoms with Crippen LogP contribution in [0.15, 0.2) is 18.2 Å². The summed E-state index contributed by atoms with van der Waals surface area (Å²) < 4.78 is 1.66. The highest BCUT2D eigenvalue weighted by Gasteiger charge is 2.16.